The van der Waals surface area contributed by atoms with E-state index < -0.39 is 0 Å². The summed E-state index contributed by atoms with van der Waals surface area (Å²) in [5.74, 6) is 0.690. The number of benzene rings is 1. The fourth-order valence-corrected chi connectivity index (χ4v) is 3.48. The Balaban J connectivity index is 1.68. The third kappa shape index (κ3) is 2.84. The molecule has 6 heteroatoms. The number of nitrogens with one attached hydrogen (secondary N) is 1. The lowest BCUT2D eigenvalue weighted by Gasteiger charge is -2.25. The Morgan fingerprint density at radius 1 is 1.04 bits per heavy atom. The van der Waals surface area contributed by atoms with E-state index in [0.717, 1.165) is 52.4 Å². The zero-order chi connectivity index (χ0) is 18.4. The van der Waals surface area contributed by atoms with Gasteiger partial charge in [0.1, 0.15) is 5.75 Å². The highest BCUT2D eigenvalue weighted by atomic mass is 16.3. The van der Waals surface area contributed by atoms with Crippen LogP contribution >= 0.6 is 0 Å². The first-order valence-corrected chi connectivity index (χ1v) is 9.01. The number of phenols is 1. The van der Waals surface area contributed by atoms with Gasteiger partial charge in [-0.3, -0.25) is 0 Å². The molecule has 6 nitrogen and oxygen atoms in total. The topological polar surface area (TPSA) is 75.3 Å². The number of rotatable bonds is 3. The minimum absolute atomic E-state index is 0.238. The van der Waals surface area contributed by atoms with Crippen molar-refractivity contribution in [1.29, 1.82) is 0 Å². The van der Waals surface area contributed by atoms with Gasteiger partial charge in [0.15, 0.2) is 0 Å². The number of hydrogen-bond acceptors (Lipinski definition) is 5. The van der Waals surface area contributed by atoms with Gasteiger partial charge in [0.2, 0.25) is 0 Å². The quantitative estimate of drug-likeness (QED) is 0.589. The predicted octanol–water partition coefficient (Wildman–Crippen LogP) is 3.16. The minimum Gasteiger partial charge on any atom is -0.508 e. The van der Waals surface area contributed by atoms with E-state index in [2.05, 4.69) is 32.7 Å². The van der Waals surface area contributed by atoms with Crippen molar-refractivity contribution in [2.45, 2.75) is 12.8 Å². The standard InChI is InChI=1S/C21H19N5O/c1-13-7-16-9-18(14-3-2-4-17(27)8-14)19(12-26(16)25-13)21-6-5-20(23-24-21)15-10-22-11-15/h2-9,12,15,22,27H,10-11H2,1H3. The van der Waals surface area contributed by atoms with Gasteiger partial charge in [-0.2, -0.15) is 15.3 Å². The summed E-state index contributed by atoms with van der Waals surface area (Å²) in [6.45, 7) is 3.89. The van der Waals surface area contributed by atoms with E-state index in [1.54, 1.807) is 12.1 Å². The maximum atomic E-state index is 9.93. The highest BCUT2D eigenvalue weighted by Gasteiger charge is 2.21. The molecule has 1 aliphatic rings. The molecule has 0 bridgehead atoms. The number of aromatic nitrogens is 4. The molecule has 0 spiro atoms. The second-order valence-electron chi connectivity index (χ2n) is 7.00. The van der Waals surface area contributed by atoms with Gasteiger partial charge in [-0.15, -0.1) is 0 Å². The van der Waals surface area contributed by atoms with Gasteiger partial charge < -0.3 is 10.4 Å². The molecule has 0 aliphatic carbocycles. The number of aryl methyl sites for hydroxylation is 1. The average Bonchev–Trinajstić information content (AvgIpc) is 2.99. The van der Waals surface area contributed by atoms with Gasteiger partial charge in [0.05, 0.1) is 22.6 Å². The van der Waals surface area contributed by atoms with Gasteiger partial charge in [-0.1, -0.05) is 12.1 Å². The van der Waals surface area contributed by atoms with E-state index in [1.807, 2.05) is 41.9 Å². The molecule has 5 rings (SSSR count). The number of phenolic OH excluding ortho intramolecular Hbond substituents is 1. The van der Waals surface area contributed by atoms with Crippen LogP contribution in [-0.2, 0) is 0 Å². The Labute approximate surface area is 156 Å². The average molecular weight is 357 g/mol. The second-order valence-corrected chi connectivity index (χ2v) is 7.00. The van der Waals surface area contributed by atoms with E-state index in [1.165, 1.54) is 0 Å². The van der Waals surface area contributed by atoms with Crippen LogP contribution in [0.4, 0.5) is 0 Å². The van der Waals surface area contributed by atoms with Crippen molar-refractivity contribution < 1.29 is 5.11 Å². The molecule has 2 N–H and O–H groups in total. The molecular weight excluding hydrogens is 338 g/mol. The molecule has 0 saturated carbocycles. The van der Waals surface area contributed by atoms with Crippen LogP contribution in [0, 0.1) is 6.92 Å². The lowest BCUT2D eigenvalue weighted by molar-refractivity contribution is 0.436. The Hall–Kier alpha value is -3.25. The highest BCUT2D eigenvalue weighted by Crippen LogP contribution is 2.34. The van der Waals surface area contributed by atoms with Gasteiger partial charge >= 0.3 is 0 Å². The summed E-state index contributed by atoms with van der Waals surface area (Å²) in [4.78, 5) is 0. The Morgan fingerprint density at radius 2 is 1.93 bits per heavy atom. The van der Waals surface area contributed by atoms with Crippen molar-refractivity contribution in [2.24, 2.45) is 0 Å². The van der Waals surface area contributed by atoms with E-state index in [4.69, 9.17) is 0 Å². The van der Waals surface area contributed by atoms with Gasteiger partial charge in [-0.05, 0) is 54.4 Å². The molecule has 27 heavy (non-hydrogen) atoms. The zero-order valence-electron chi connectivity index (χ0n) is 14.9. The number of fused-ring (bicyclic) bond motifs is 1. The Kier molecular flexibility index (Phi) is 3.65. The van der Waals surface area contributed by atoms with Crippen LogP contribution in [0.25, 0.3) is 27.9 Å². The fraction of sp³-hybridized carbons (Fsp3) is 0.190. The number of hydrogen-bond donors (Lipinski definition) is 2. The number of aromatic hydroxyl groups is 1. The predicted molar refractivity (Wildman–Crippen MR) is 104 cm³/mol. The van der Waals surface area contributed by atoms with Crippen molar-refractivity contribution in [2.75, 3.05) is 13.1 Å². The summed E-state index contributed by atoms with van der Waals surface area (Å²) < 4.78 is 1.86. The lowest BCUT2D eigenvalue weighted by atomic mass is 9.97. The van der Waals surface area contributed by atoms with E-state index in [9.17, 15) is 5.11 Å². The molecule has 0 radical (unpaired) electrons. The Bertz CT molecular complexity index is 1130. The van der Waals surface area contributed by atoms with Crippen LogP contribution < -0.4 is 5.32 Å². The summed E-state index contributed by atoms with van der Waals surface area (Å²) in [5, 5.41) is 26.7. The first kappa shape index (κ1) is 16.0. The minimum atomic E-state index is 0.238. The third-order valence-corrected chi connectivity index (χ3v) is 5.04. The lowest BCUT2D eigenvalue weighted by Crippen LogP contribution is -2.40. The first-order valence-electron chi connectivity index (χ1n) is 9.01. The summed E-state index contributed by atoms with van der Waals surface area (Å²) in [7, 11) is 0. The largest absolute Gasteiger partial charge is 0.508 e. The number of pyridine rings is 1. The summed E-state index contributed by atoms with van der Waals surface area (Å²) >= 11 is 0. The second kappa shape index (κ2) is 6.17. The monoisotopic (exact) mass is 357 g/mol. The van der Waals surface area contributed by atoms with E-state index in [-0.39, 0.29) is 5.75 Å². The van der Waals surface area contributed by atoms with E-state index in [0.29, 0.717) is 5.92 Å². The summed E-state index contributed by atoms with van der Waals surface area (Å²) in [6.07, 6.45) is 1.98. The van der Waals surface area contributed by atoms with Crippen molar-refractivity contribution >= 4 is 5.52 Å². The van der Waals surface area contributed by atoms with Crippen molar-refractivity contribution in [3.8, 4) is 28.1 Å². The van der Waals surface area contributed by atoms with Crippen molar-refractivity contribution in [1.82, 2.24) is 25.1 Å². The summed E-state index contributed by atoms with van der Waals surface area (Å²) in [5.41, 5.74) is 6.62. The van der Waals surface area contributed by atoms with Crippen LogP contribution in [-0.4, -0.2) is 38.0 Å². The maximum Gasteiger partial charge on any atom is 0.116 e. The van der Waals surface area contributed by atoms with Crippen LogP contribution in [0.2, 0.25) is 0 Å². The molecule has 0 atom stereocenters. The van der Waals surface area contributed by atoms with Crippen LogP contribution in [0.5, 0.6) is 5.75 Å². The van der Waals surface area contributed by atoms with Crippen LogP contribution in [0.15, 0.2) is 54.7 Å². The van der Waals surface area contributed by atoms with Gasteiger partial charge in [0, 0.05) is 30.8 Å². The molecule has 0 amide bonds. The smallest absolute Gasteiger partial charge is 0.116 e. The fourth-order valence-electron chi connectivity index (χ4n) is 3.48. The highest BCUT2D eigenvalue weighted by molar-refractivity contribution is 5.84. The van der Waals surface area contributed by atoms with Crippen LogP contribution in [0.3, 0.4) is 0 Å². The molecule has 1 aliphatic heterocycles. The normalized spacial score (nSPS) is 14.4. The molecule has 134 valence electrons. The van der Waals surface area contributed by atoms with Crippen LogP contribution in [0.1, 0.15) is 17.3 Å². The molecular formula is C21H19N5O. The molecule has 4 heterocycles. The molecule has 1 aromatic carbocycles. The van der Waals surface area contributed by atoms with Gasteiger partial charge in [-0.25, -0.2) is 4.52 Å². The molecule has 1 saturated heterocycles. The van der Waals surface area contributed by atoms with Gasteiger partial charge in [0.25, 0.3) is 0 Å². The zero-order valence-corrected chi connectivity index (χ0v) is 14.9. The third-order valence-electron chi connectivity index (χ3n) is 5.04. The summed E-state index contributed by atoms with van der Waals surface area (Å²) in [6, 6.07) is 15.5. The SMILES string of the molecule is Cc1cc2cc(-c3cccc(O)c3)c(-c3ccc(C4CNC4)nn3)cn2n1. The first-order chi connectivity index (χ1) is 13.2. The number of nitrogens with zero attached hydrogens (tertiary/aromatic N) is 4. The maximum absolute atomic E-state index is 9.93. The molecule has 3 aromatic heterocycles. The van der Waals surface area contributed by atoms with Crippen molar-refractivity contribution in [3.63, 3.8) is 0 Å². The van der Waals surface area contributed by atoms with Crippen molar-refractivity contribution in [3.05, 3.63) is 66.1 Å². The molecule has 4 aromatic rings. The molecule has 0 unspecified atom stereocenters. The van der Waals surface area contributed by atoms with E-state index >= 15 is 0 Å². The molecule has 1 fully saturated rings. The Morgan fingerprint density at radius 3 is 2.63 bits per heavy atom.